The normalized spacial score (nSPS) is 12.4. The zero-order chi connectivity index (χ0) is 15.9. The van der Waals surface area contributed by atoms with Crippen LogP contribution in [-0.2, 0) is 6.54 Å². The van der Waals surface area contributed by atoms with Gasteiger partial charge in [-0.25, -0.2) is 0 Å². The summed E-state index contributed by atoms with van der Waals surface area (Å²) in [4.78, 5) is 12.0. The van der Waals surface area contributed by atoms with Crippen LogP contribution in [0.3, 0.4) is 0 Å². The lowest BCUT2D eigenvalue weighted by Crippen LogP contribution is -2.23. The second kappa shape index (κ2) is 7.70. The van der Waals surface area contributed by atoms with Crippen molar-refractivity contribution in [1.29, 1.82) is 0 Å². The van der Waals surface area contributed by atoms with E-state index in [1.165, 1.54) is 0 Å². The third-order valence-electron chi connectivity index (χ3n) is 3.47. The van der Waals surface area contributed by atoms with Crippen LogP contribution in [0.25, 0.3) is 0 Å². The number of hydrogen-bond donors (Lipinski definition) is 3. The Bertz CT molecular complexity index is 579. The van der Waals surface area contributed by atoms with Crippen molar-refractivity contribution in [3.8, 4) is 0 Å². The monoisotopic (exact) mass is 302 g/mol. The smallest absolute Gasteiger partial charge is 0.251 e. The van der Waals surface area contributed by atoms with Gasteiger partial charge in [0.2, 0.25) is 0 Å². The molecule has 1 aromatic heterocycles. The van der Waals surface area contributed by atoms with E-state index in [0.717, 1.165) is 18.4 Å². The van der Waals surface area contributed by atoms with Crippen molar-refractivity contribution in [2.75, 3.05) is 0 Å². The van der Waals surface area contributed by atoms with Crippen LogP contribution in [0, 0.1) is 5.92 Å². The number of rotatable bonds is 7. The Kier molecular flexibility index (Phi) is 5.66. The molecule has 0 aliphatic heterocycles. The summed E-state index contributed by atoms with van der Waals surface area (Å²) in [5.74, 6) is 0.391. The second-order valence-electron chi connectivity index (χ2n) is 5.75. The molecule has 0 saturated carbocycles. The van der Waals surface area contributed by atoms with E-state index in [-0.39, 0.29) is 5.91 Å². The third-order valence-corrected chi connectivity index (χ3v) is 3.47. The maximum atomic E-state index is 12.0. The number of nitrogens with zero attached hydrogens (tertiary/aromatic N) is 2. The Morgan fingerprint density at radius 2 is 2.00 bits per heavy atom. The summed E-state index contributed by atoms with van der Waals surface area (Å²) in [6.45, 7) is 4.60. The third kappa shape index (κ3) is 4.66. The van der Waals surface area contributed by atoms with Crippen LogP contribution in [0.4, 0.5) is 0 Å². The number of aliphatic hydroxyl groups is 1. The fraction of sp³-hybridized carbons (Fsp3) is 0.438. The average Bonchev–Trinajstić information content (AvgIpc) is 3.03. The number of H-pyrrole nitrogens is 1. The number of aromatic nitrogens is 3. The first-order chi connectivity index (χ1) is 10.6. The van der Waals surface area contributed by atoms with Crippen molar-refractivity contribution in [3.05, 3.63) is 47.3 Å². The summed E-state index contributed by atoms with van der Waals surface area (Å²) in [5.41, 5.74) is 2.08. The summed E-state index contributed by atoms with van der Waals surface area (Å²) < 4.78 is 0. The molecule has 0 bridgehead atoms. The molecule has 3 N–H and O–H groups in total. The number of benzene rings is 1. The van der Waals surface area contributed by atoms with E-state index in [9.17, 15) is 9.90 Å². The molecular weight excluding hydrogens is 280 g/mol. The zero-order valence-electron chi connectivity index (χ0n) is 12.9. The number of carbonyl (C=O) groups excluding carboxylic acids is 1. The van der Waals surface area contributed by atoms with Gasteiger partial charge in [0.15, 0.2) is 0 Å². The van der Waals surface area contributed by atoms with Gasteiger partial charge in [0.25, 0.3) is 5.91 Å². The molecule has 0 radical (unpaired) electrons. The molecular formula is C16H22N4O2. The molecule has 6 heteroatoms. The molecule has 1 heterocycles. The van der Waals surface area contributed by atoms with Gasteiger partial charge in [-0.05, 0) is 36.5 Å². The number of aliphatic hydroxyl groups excluding tert-OH is 1. The van der Waals surface area contributed by atoms with E-state index in [0.29, 0.717) is 23.7 Å². The molecule has 2 rings (SSSR count). The fourth-order valence-corrected chi connectivity index (χ4v) is 2.10. The molecule has 0 fully saturated rings. The Balaban J connectivity index is 1.89. The van der Waals surface area contributed by atoms with Crippen LogP contribution in [0.15, 0.2) is 30.5 Å². The van der Waals surface area contributed by atoms with Gasteiger partial charge in [0.05, 0.1) is 18.8 Å². The minimum Gasteiger partial charge on any atom is -0.388 e. The molecule has 22 heavy (non-hydrogen) atoms. The van der Waals surface area contributed by atoms with E-state index in [1.807, 2.05) is 0 Å². The Hall–Kier alpha value is -2.21. The van der Waals surface area contributed by atoms with Gasteiger partial charge in [-0.1, -0.05) is 26.0 Å². The van der Waals surface area contributed by atoms with E-state index in [4.69, 9.17) is 0 Å². The largest absolute Gasteiger partial charge is 0.388 e. The van der Waals surface area contributed by atoms with Crippen molar-refractivity contribution in [1.82, 2.24) is 20.7 Å². The quantitative estimate of drug-likeness (QED) is 0.731. The maximum Gasteiger partial charge on any atom is 0.251 e. The van der Waals surface area contributed by atoms with Crippen LogP contribution in [0.2, 0.25) is 0 Å². The van der Waals surface area contributed by atoms with E-state index < -0.39 is 6.10 Å². The van der Waals surface area contributed by atoms with Gasteiger partial charge in [-0.3, -0.25) is 4.79 Å². The lowest BCUT2D eigenvalue weighted by molar-refractivity contribution is 0.0950. The van der Waals surface area contributed by atoms with Crippen molar-refractivity contribution >= 4 is 5.91 Å². The lowest BCUT2D eigenvalue weighted by Gasteiger charge is -2.13. The molecule has 0 saturated heterocycles. The van der Waals surface area contributed by atoms with Gasteiger partial charge >= 0.3 is 0 Å². The molecule has 1 unspecified atom stereocenters. The Morgan fingerprint density at radius 1 is 1.27 bits per heavy atom. The summed E-state index contributed by atoms with van der Waals surface area (Å²) in [6, 6.07) is 7.06. The highest BCUT2D eigenvalue weighted by Gasteiger charge is 2.11. The Labute approximate surface area is 129 Å². The highest BCUT2D eigenvalue weighted by atomic mass is 16.3. The summed E-state index contributed by atoms with van der Waals surface area (Å²) in [5, 5.41) is 22.9. The van der Waals surface area contributed by atoms with Crippen molar-refractivity contribution in [2.45, 2.75) is 39.3 Å². The standard InChI is InChI=1S/C16H22N4O2/c1-11(2)3-8-15(21)12-4-6-13(7-5-12)16(22)17-9-14-10-18-20-19-14/h4-7,10-11,15,21H,3,8-9H2,1-2H3,(H,17,22)(H,18,19,20). The molecule has 1 aromatic carbocycles. The number of hydrogen-bond acceptors (Lipinski definition) is 4. The molecule has 1 atom stereocenters. The van der Waals surface area contributed by atoms with Gasteiger partial charge in [-0.15, -0.1) is 0 Å². The van der Waals surface area contributed by atoms with E-state index in [2.05, 4.69) is 34.6 Å². The minimum atomic E-state index is -0.477. The van der Waals surface area contributed by atoms with Gasteiger partial charge < -0.3 is 10.4 Å². The van der Waals surface area contributed by atoms with Crippen molar-refractivity contribution in [2.24, 2.45) is 5.92 Å². The van der Waals surface area contributed by atoms with E-state index >= 15 is 0 Å². The molecule has 0 aliphatic rings. The van der Waals surface area contributed by atoms with Crippen LogP contribution in [0.5, 0.6) is 0 Å². The van der Waals surface area contributed by atoms with Crippen molar-refractivity contribution < 1.29 is 9.90 Å². The van der Waals surface area contributed by atoms with Crippen LogP contribution in [0.1, 0.15) is 54.4 Å². The second-order valence-corrected chi connectivity index (χ2v) is 5.75. The lowest BCUT2D eigenvalue weighted by atomic mass is 9.99. The summed E-state index contributed by atoms with van der Waals surface area (Å²) in [6.07, 6.45) is 2.79. The number of carbonyl (C=O) groups is 1. The SMILES string of the molecule is CC(C)CCC(O)c1ccc(C(=O)NCc2cn[nH]n2)cc1. The predicted molar refractivity (Wildman–Crippen MR) is 83.0 cm³/mol. The number of amides is 1. The molecule has 0 aliphatic carbocycles. The van der Waals surface area contributed by atoms with Crippen molar-refractivity contribution in [3.63, 3.8) is 0 Å². The highest BCUT2D eigenvalue weighted by Crippen LogP contribution is 2.21. The predicted octanol–water partition coefficient (Wildman–Crippen LogP) is 2.20. The fourth-order valence-electron chi connectivity index (χ4n) is 2.10. The van der Waals surface area contributed by atoms with Crippen LogP contribution < -0.4 is 5.32 Å². The molecule has 118 valence electrons. The minimum absolute atomic E-state index is 0.175. The first-order valence-electron chi connectivity index (χ1n) is 7.47. The van der Waals surface area contributed by atoms with E-state index in [1.54, 1.807) is 30.5 Å². The molecule has 1 amide bonds. The Morgan fingerprint density at radius 3 is 2.59 bits per heavy atom. The number of aromatic amines is 1. The van der Waals surface area contributed by atoms with Gasteiger partial charge in [0.1, 0.15) is 5.69 Å². The molecule has 0 spiro atoms. The first kappa shape index (κ1) is 16.2. The maximum absolute atomic E-state index is 12.0. The topological polar surface area (TPSA) is 90.9 Å². The summed E-state index contributed by atoms with van der Waals surface area (Å²) >= 11 is 0. The van der Waals surface area contributed by atoms with Gasteiger partial charge in [-0.2, -0.15) is 15.4 Å². The van der Waals surface area contributed by atoms with Crippen LogP contribution in [-0.4, -0.2) is 26.4 Å². The average molecular weight is 302 g/mol. The molecule has 2 aromatic rings. The summed E-state index contributed by atoms with van der Waals surface area (Å²) in [7, 11) is 0. The number of nitrogens with one attached hydrogen (secondary N) is 2. The van der Waals surface area contributed by atoms with Crippen LogP contribution >= 0.6 is 0 Å². The molecule has 6 nitrogen and oxygen atoms in total. The zero-order valence-corrected chi connectivity index (χ0v) is 12.9. The first-order valence-corrected chi connectivity index (χ1v) is 7.47. The van der Waals surface area contributed by atoms with Gasteiger partial charge in [0, 0.05) is 5.56 Å². The highest BCUT2D eigenvalue weighted by molar-refractivity contribution is 5.94.